The van der Waals surface area contributed by atoms with Crippen LogP contribution in [0, 0.1) is 0 Å². The highest BCUT2D eigenvalue weighted by molar-refractivity contribution is 5.91. The number of rotatable bonds is 4. The van der Waals surface area contributed by atoms with E-state index in [0.29, 0.717) is 25.5 Å². The number of ether oxygens (including phenoxy) is 2. The Morgan fingerprint density at radius 1 is 1.44 bits per heavy atom. The Morgan fingerprint density at radius 2 is 2.36 bits per heavy atom. The molecule has 0 saturated heterocycles. The highest BCUT2D eigenvalue weighted by Gasteiger charge is 2.25. The Hall–Kier alpha value is -3.00. The third-order valence-electron chi connectivity index (χ3n) is 4.17. The molecule has 0 saturated carbocycles. The van der Waals surface area contributed by atoms with Gasteiger partial charge in [0.1, 0.15) is 23.9 Å². The van der Waals surface area contributed by atoms with Gasteiger partial charge in [-0.15, -0.1) is 0 Å². The maximum Gasteiger partial charge on any atom is 0.271 e. The lowest BCUT2D eigenvalue weighted by Crippen LogP contribution is -2.36. The van der Waals surface area contributed by atoms with Crippen molar-refractivity contribution in [3.8, 4) is 5.75 Å². The molecule has 3 aromatic rings. The van der Waals surface area contributed by atoms with Gasteiger partial charge in [0.05, 0.1) is 37.0 Å². The van der Waals surface area contributed by atoms with Crippen LogP contribution in [-0.4, -0.2) is 45.7 Å². The molecule has 8 nitrogen and oxygen atoms in total. The number of benzene rings is 1. The zero-order valence-corrected chi connectivity index (χ0v) is 13.7. The van der Waals surface area contributed by atoms with Gasteiger partial charge in [0.25, 0.3) is 5.91 Å². The summed E-state index contributed by atoms with van der Waals surface area (Å²) in [5, 5.41) is 2.89. The zero-order chi connectivity index (χ0) is 17.2. The van der Waals surface area contributed by atoms with Crippen molar-refractivity contribution in [2.24, 2.45) is 0 Å². The van der Waals surface area contributed by atoms with Gasteiger partial charge in [-0.2, -0.15) is 0 Å². The molecule has 8 heteroatoms. The molecule has 128 valence electrons. The van der Waals surface area contributed by atoms with Crippen LogP contribution < -0.4 is 10.1 Å². The fraction of sp³-hybridized carbons (Fsp3) is 0.294. The molecule has 0 spiro atoms. The lowest BCUT2D eigenvalue weighted by Gasteiger charge is -2.26. The summed E-state index contributed by atoms with van der Waals surface area (Å²) in [7, 11) is 1.63. The lowest BCUT2D eigenvalue weighted by atomic mass is 10.2. The predicted molar refractivity (Wildman–Crippen MR) is 89.3 cm³/mol. The molecule has 1 N–H and O–H groups in total. The monoisotopic (exact) mass is 339 g/mol. The summed E-state index contributed by atoms with van der Waals surface area (Å²) in [6, 6.07) is 5.74. The van der Waals surface area contributed by atoms with Crippen molar-refractivity contribution in [2.45, 2.75) is 12.6 Å². The molecule has 25 heavy (non-hydrogen) atoms. The van der Waals surface area contributed by atoms with Crippen LogP contribution in [0.3, 0.4) is 0 Å². The van der Waals surface area contributed by atoms with Crippen molar-refractivity contribution < 1.29 is 14.3 Å². The number of methoxy groups -OCH3 is 1. The van der Waals surface area contributed by atoms with Crippen LogP contribution in [0.15, 0.2) is 36.8 Å². The molecule has 0 bridgehead atoms. The van der Waals surface area contributed by atoms with Crippen molar-refractivity contribution in [1.82, 2.24) is 24.8 Å². The SMILES string of the molecule is COc1ccc2c(c1)nc1n2[C@@H](CNC(=O)c2cnccn2)COC1. The molecule has 0 fully saturated rings. The van der Waals surface area contributed by atoms with Crippen molar-refractivity contribution in [1.29, 1.82) is 0 Å². The first-order valence-corrected chi connectivity index (χ1v) is 7.93. The van der Waals surface area contributed by atoms with E-state index in [1.807, 2.05) is 18.2 Å². The van der Waals surface area contributed by atoms with Gasteiger partial charge in [0.2, 0.25) is 0 Å². The Kier molecular flexibility index (Phi) is 4.02. The van der Waals surface area contributed by atoms with E-state index in [1.165, 1.54) is 18.6 Å². The minimum atomic E-state index is -0.258. The number of nitrogens with zero attached hydrogens (tertiary/aromatic N) is 4. The van der Waals surface area contributed by atoms with Crippen LogP contribution in [0.4, 0.5) is 0 Å². The van der Waals surface area contributed by atoms with Gasteiger partial charge in [0, 0.05) is 25.0 Å². The third-order valence-corrected chi connectivity index (χ3v) is 4.17. The number of carbonyl (C=O) groups is 1. The van der Waals surface area contributed by atoms with Gasteiger partial charge < -0.3 is 19.4 Å². The highest BCUT2D eigenvalue weighted by atomic mass is 16.5. The number of amides is 1. The third kappa shape index (κ3) is 2.91. The minimum Gasteiger partial charge on any atom is -0.497 e. The maximum atomic E-state index is 12.2. The van der Waals surface area contributed by atoms with Gasteiger partial charge in [-0.1, -0.05) is 0 Å². The second-order valence-corrected chi connectivity index (χ2v) is 5.72. The number of hydrogen-bond acceptors (Lipinski definition) is 6. The average Bonchev–Trinajstić information content (AvgIpc) is 3.04. The fourth-order valence-electron chi connectivity index (χ4n) is 2.99. The van der Waals surface area contributed by atoms with Crippen molar-refractivity contribution in [2.75, 3.05) is 20.3 Å². The molecule has 0 aliphatic carbocycles. The number of imidazole rings is 1. The number of aromatic nitrogens is 4. The largest absolute Gasteiger partial charge is 0.497 e. The molecule has 4 rings (SSSR count). The van der Waals surface area contributed by atoms with E-state index in [-0.39, 0.29) is 11.9 Å². The number of carbonyl (C=O) groups excluding carboxylic acids is 1. The molecule has 1 aliphatic rings. The predicted octanol–water partition coefficient (Wildman–Crippen LogP) is 1.34. The standard InChI is InChI=1S/C17H17N5O3/c1-24-12-2-3-15-13(6-12)21-16-10-25-9-11(22(15)16)7-20-17(23)14-8-18-4-5-19-14/h2-6,8,11H,7,9-10H2,1H3,(H,20,23)/t11-/m0/s1. The summed E-state index contributed by atoms with van der Waals surface area (Å²) in [5.41, 5.74) is 2.14. The average molecular weight is 339 g/mol. The van der Waals surface area contributed by atoms with Crippen LogP contribution >= 0.6 is 0 Å². The van der Waals surface area contributed by atoms with Gasteiger partial charge in [0.15, 0.2) is 0 Å². The summed E-state index contributed by atoms with van der Waals surface area (Å²) in [5.74, 6) is 1.34. The smallest absolute Gasteiger partial charge is 0.271 e. The van der Waals surface area contributed by atoms with Gasteiger partial charge in [-0.25, -0.2) is 9.97 Å². The van der Waals surface area contributed by atoms with Crippen molar-refractivity contribution in [3.05, 3.63) is 48.3 Å². The topological polar surface area (TPSA) is 91.2 Å². The van der Waals surface area contributed by atoms with E-state index in [2.05, 4.69) is 24.8 Å². The Morgan fingerprint density at radius 3 is 3.16 bits per heavy atom. The molecule has 1 aromatic carbocycles. The summed E-state index contributed by atoms with van der Waals surface area (Å²) in [6.07, 6.45) is 4.47. The normalized spacial score (nSPS) is 16.4. The van der Waals surface area contributed by atoms with Crippen LogP contribution in [0.25, 0.3) is 11.0 Å². The highest BCUT2D eigenvalue weighted by Crippen LogP contribution is 2.28. The molecule has 1 aliphatic heterocycles. The van der Waals surface area contributed by atoms with E-state index in [1.54, 1.807) is 7.11 Å². The molecular formula is C17H17N5O3. The quantitative estimate of drug-likeness (QED) is 0.771. The zero-order valence-electron chi connectivity index (χ0n) is 13.7. The number of nitrogens with one attached hydrogen (secondary N) is 1. The van der Waals surface area contributed by atoms with Crippen LogP contribution in [-0.2, 0) is 11.3 Å². The maximum absolute atomic E-state index is 12.2. The van der Waals surface area contributed by atoms with E-state index in [4.69, 9.17) is 9.47 Å². The number of fused-ring (bicyclic) bond motifs is 3. The lowest BCUT2D eigenvalue weighted by molar-refractivity contribution is 0.0552. The minimum absolute atomic E-state index is 0.0391. The number of hydrogen-bond donors (Lipinski definition) is 1. The van der Waals surface area contributed by atoms with Crippen molar-refractivity contribution in [3.63, 3.8) is 0 Å². The first-order valence-electron chi connectivity index (χ1n) is 7.93. The second kappa shape index (κ2) is 6.48. The van der Waals surface area contributed by atoms with E-state index in [9.17, 15) is 4.79 Å². The molecule has 0 unspecified atom stereocenters. The fourth-order valence-corrected chi connectivity index (χ4v) is 2.99. The van der Waals surface area contributed by atoms with E-state index < -0.39 is 0 Å². The van der Waals surface area contributed by atoms with Gasteiger partial charge in [-0.05, 0) is 12.1 Å². The van der Waals surface area contributed by atoms with Gasteiger partial charge >= 0.3 is 0 Å². The van der Waals surface area contributed by atoms with Crippen LogP contribution in [0.5, 0.6) is 5.75 Å². The summed E-state index contributed by atoms with van der Waals surface area (Å²) in [4.78, 5) is 24.7. The summed E-state index contributed by atoms with van der Waals surface area (Å²) >= 11 is 0. The second-order valence-electron chi connectivity index (χ2n) is 5.72. The molecule has 1 amide bonds. The molecular weight excluding hydrogens is 322 g/mol. The molecule has 1 atom stereocenters. The molecule has 0 radical (unpaired) electrons. The Bertz CT molecular complexity index is 909. The molecule has 3 heterocycles. The van der Waals surface area contributed by atoms with Gasteiger partial charge in [-0.3, -0.25) is 9.78 Å². The summed E-state index contributed by atoms with van der Waals surface area (Å²) in [6.45, 7) is 1.37. The Labute approximate surface area is 143 Å². The van der Waals surface area contributed by atoms with Crippen molar-refractivity contribution >= 4 is 16.9 Å². The first-order chi connectivity index (χ1) is 12.3. The van der Waals surface area contributed by atoms with Crippen LogP contribution in [0.1, 0.15) is 22.4 Å². The van der Waals surface area contributed by atoms with E-state index in [0.717, 1.165) is 22.6 Å². The molecule has 2 aromatic heterocycles. The summed E-state index contributed by atoms with van der Waals surface area (Å²) < 4.78 is 13.0. The van der Waals surface area contributed by atoms with E-state index >= 15 is 0 Å². The Balaban J connectivity index is 1.58. The first kappa shape index (κ1) is 15.5. The van der Waals surface area contributed by atoms with Crippen LogP contribution in [0.2, 0.25) is 0 Å².